The van der Waals surface area contributed by atoms with Gasteiger partial charge in [-0.15, -0.1) is 0 Å². The average molecular weight is 273 g/mol. The van der Waals surface area contributed by atoms with Crippen LogP contribution in [0.1, 0.15) is 17.0 Å². The molecular formula is C14H15N3O3. The molecule has 104 valence electrons. The summed E-state index contributed by atoms with van der Waals surface area (Å²) in [7, 11) is 0. The molecule has 0 atom stereocenters. The Morgan fingerprint density at radius 1 is 1.20 bits per heavy atom. The van der Waals surface area contributed by atoms with E-state index in [1.807, 2.05) is 18.2 Å². The Morgan fingerprint density at radius 3 is 2.90 bits per heavy atom. The van der Waals surface area contributed by atoms with Crippen molar-refractivity contribution >= 4 is 22.7 Å². The van der Waals surface area contributed by atoms with Crippen LogP contribution in [0.3, 0.4) is 0 Å². The van der Waals surface area contributed by atoms with Gasteiger partial charge in [0.15, 0.2) is 0 Å². The summed E-state index contributed by atoms with van der Waals surface area (Å²) in [5.41, 5.74) is 0.653. The van der Waals surface area contributed by atoms with Crippen molar-refractivity contribution in [3.63, 3.8) is 0 Å². The van der Waals surface area contributed by atoms with Crippen LogP contribution in [0.15, 0.2) is 24.3 Å². The second kappa shape index (κ2) is 5.42. The largest absolute Gasteiger partial charge is 0.475 e. The maximum atomic E-state index is 11.2. The molecule has 0 amide bonds. The number of carboxylic acids is 1. The summed E-state index contributed by atoms with van der Waals surface area (Å²) in [6, 6.07) is 7.48. The number of anilines is 1. The number of benzene rings is 1. The summed E-state index contributed by atoms with van der Waals surface area (Å²) in [5.74, 6) is -0.592. The van der Waals surface area contributed by atoms with Crippen molar-refractivity contribution in [2.45, 2.75) is 6.42 Å². The normalized spacial score (nSPS) is 16.1. The maximum absolute atomic E-state index is 11.2. The number of aromatic nitrogens is 2. The molecule has 1 saturated heterocycles. The molecule has 1 fully saturated rings. The summed E-state index contributed by atoms with van der Waals surface area (Å²) in [5, 5.41) is 10.0. The van der Waals surface area contributed by atoms with Gasteiger partial charge in [0.25, 0.3) is 0 Å². The molecule has 3 rings (SSSR count). The minimum absolute atomic E-state index is 0.163. The molecule has 1 aromatic heterocycles. The van der Waals surface area contributed by atoms with E-state index in [0.717, 1.165) is 25.0 Å². The summed E-state index contributed by atoms with van der Waals surface area (Å²) >= 11 is 0. The van der Waals surface area contributed by atoms with Crippen molar-refractivity contribution in [1.29, 1.82) is 0 Å². The molecule has 6 heteroatoms. The highest BCUT2D eigenvalue weighted by Gasteiger charge is 2.18. The van der Waals surface area contributed by atoms with Gasteiger partial charge in [-0.3, -0.25) is 0 Å². The Kier molecular flexibility index (Phi) is 3.47. The minimum atomic E-state index is -1.11. The number of para-hydroxylation sites is 1. The van der Waals surface area contributed by atoms with Crippen molar-refractivity contribution < 1.29 is 14.6 Å². The minimum Gasteiger partial charge on any atom is -0.475 e. The Hall–Kier alpha value is -2.21. The van der Waals surface area contributed by atoms with Gasteiger partial charge in [0.05, 0.1) is 12.1 Å². The lowest BCUT2D eigenvalue weighted by Crippen LogP contribution is -2.28. The summed E-state index contributed by atoms with van der Waals surface area (Å²) in [6.07, 6.45) is 0.904. The van der Waals surface area contributed by atoms with Gasteiger partial charge < -0.3 is 14.7 Å². The molecule has 0 spiro atoms. The third-order valence-electron chi connectivity index (χ3n) is 3.30. The van der Waals surface area contributed by atoms with Crippen molar-refractivity contribution in [1.82, 2.24) is 9.97 Å². The van der Waals surface area contributed by atoms with Crippen LogP contribution >= 0.6 is 0 Å². The summed E-state index contributed by atoms with van der Waals surface area (Å²) in [6.45, 7) is 2.87. The molecule has 6 nitrogen and oxygen atoms in total. The van der Waals surface area contributed by atoms with Gasteiger partial charge >= 0.3 is 5.97 Å². The number of hydrogen-bond donors (Lipinski definition) is 1. The third-order valence-corrected chi connectivity index (χ3v) is 3.30. The van der Waals surface area contributed by atoms with Crippen LogP contribution in [0.25, 0.3) is 10.9 Å². The van der Waals surface area contributed by atoms with Crippen LogP contribution in [0, 0.1) is 0 Å². The standard InChI is InChI=1S/C14H15N3O3/c18-14(19)12-15-11-5-2-1-4-10(11)13(16-12)17-6-3-8-20-9-7-17/h1-2,4-5H,3,6-9H2,(H,18,19). The maximum Gasteiger partial charge on any atom is 0.374 e. The average Bonchev–Trinajstić information content (AvgIpc) is 2.75. The Balaban J connectivity index is 2.13. The second-order valence-electron chi connectivity index (χ2n) is 4.65. The van der Waals surface area contributed by atoms with Crippen molar-refractivity contribution in [2.24, 2.45) is 0 Å². The molecule has 2 heterocycles. The number of carbonyl (C=O) groups is 1. The number of ether oxygens (including phenoxy) is 1. The van der Waals surface area contributed by atoms with Crippen molar-refractivity contribution in [2.75, 3.05) is 31.2 Å². The molecule has 0 bridgehead atoms. The van der Waals surface area contributed by atoms with Crippen LogP contribution in [0.4, 0.5) is 5.82 Å². The van der Waals surface area contributed by atoms with Crippen molar-refractivity contribution in [3.05, 3.63) is 30.1 Å². The molecule has 1 aliphatic heterocycles. The van der Waals surface area contributed by atoms with Gasteiger partial charge in [-0.05, 0) is 18.6 Å². The van der Waals surface area contributed by atoms with E-state index in [1.165, 1.54) is 0 Å². The SMILES string of the molecule is O=C(O)c1nc(N2CCCOCC2)c2ccccc2n1. The van der Waals surface area contributed by atoms with Crippen LogP contribution in [-0.2, 0) is 4.74 Å². The zero-order valence-corrected chi connectivity index (χ0v) is 11.0. The number of nitrogens with zero attached hydrogens (tertiary/aromatic N) is 3. The van der Waals surface area contributed by atoms with E-state index in [9.17, 15) is 4.79 Å². The first-order chi connectivity index (χ1) is 9.75. The topological polar surface area (TPSA) is 75.5 Å². The van der Waals surface area contributed by atoms with E-state index in [1.54, 1.807) is 6.07 Å². The van der Waals surface area contributed by atoms with Gasteiger partial charge in [-0.1, -0.05) is 12.1 Å². The predicted octanol–water partition coefficient (Wildman–Crippen LogP) is 1.55. The van der Waals surface area contributed by atoms with E-state index in [0.29, 0.717) is 24.5 Å². The molecule has 20 heavy (non-hydrogen) atoms. The zero-order chi connectivity index (χ0) is 13.9. The fourth-order valence-corrected chi connectivity index (χ4v) is 2.35. The van der Waals surface area contributed by atoms with E-state index in [-0.39, 0.29) is 5.82 Å². The van der Waals surface area contributed by atoms with E-state index in [4.69, 9.17) is 9.84 Å². The Morgan fingerprint density at radius 2 is 2.05 bits per heavy atom. The molecular weight excluding hydrogens is 258 g/mol. The lowest BCUT2D eigenvalue weighted by atomic mass is 10.2. The molecule has 1 aliphatic rings. The van der Waals surface area contributed by atoms with E-state index in [2.05, 4.69) is 14.9 Å². The predicted molar refractivity (Wildman–Crippen MR) is 74.1 cm³/mol. The van der Waals surface area contributed by atoms with Gasteiger partial charge in [-0.2, -0.15) is 0 Å². The lowest BCUT2D eigenvalue weighted by Gasteiger charge is -2.22. The summed E-state index contributed by atoms with van der Waals surface area (Å²) in [4.78, 5) is 21.6. The fourth-order valence-electron chi connectivity index (χ4n) is 2.35. The molecule has 0 radical (unpaired) electrons. The highest BCUT2D eigenvalue weighted by Crippen LogP contribution is 2.24. The molecule has 0 saturated carbocycles. The summed E-state index contributed by atoms with van der Waals surface area (Å²) < 4.78 is 5.43. The van der Waals surface area contributed by atoms with Gasteiger partial charge in [0.1, 0.15) is 5.82 Å². The van der Waals surface area contributed by atoms with Gasteiger partial charge in [0, 0.05) is 25.1 Å². The first kappa shape index (κ1) is 12.8. The van der Waals surface area contributed by atoms with Gasteiger partial charge in [0.2, 0.25) is 5.82 Å². The number of aromatic carboxylic acids is 1. The monoisotopic (exact) mass is 273 g/mol. The number of hydrogen-bond acceptors (Lipinski definition) is 5. The highest BCUT2D eigenvalue weighted by molar-refractivity contribution is 5.93. The molecule has 0 aliphatic carbocycles. The van der Waals surface area contributed by atoms with Gasteiger partial charge in [-0.25, -0.2) is 14.8 Å². The fraction of sp³-hybridized carbons (Fsp3) is 0.357. The smallest absolute Gasteiger partial charge is 0.374 e. The Bertz CT molecular complexity index is 637. The first-order valence-corrected chi connectivity index (χ1v) is 6.58. The van der Waals surface area contributed by atoms with Crippen LogP contribution in [0.5, 0.6) is 0 Å². The van der Waals surface area contributed by atoms with Crippen molar-refractivity contribution in [3.8, 4) is 0 Å². The number of carboxylic acid groups (broad SMARTS) is 1. The first-order valence-electron chi connectivity index (χ1n) is 6.58. The highest BCUT2D eigenvalue weighted by atomic mass is 16.5. The van der Waals surface area contributed by atoms with E-state index < -0.39 is 5.97 Å². The quantitative estimate of drug-likeness (QED) is 0.894. The number of rotatable bonds is 2. The zero-order valence-electron chi connectivity index (χ0n) is 11.0. The van der Waals surface area contributed by atoms with Crippen LogP contribution in [-0.4, -0.2) is 47.3 Å². The molecule has 0 unspecified atom stereocenters. The molecule has 1 aromatic carbocycles. The number of fused-ring (bicyclic) bond motifs is 1. The third kappa shape index (κ3) is 2.42. The van der Waals surface area contributed by atoms with E-state index >= 15 is 0 Å². The lowest BCUT2D eigenvalue weighted by molar-refractivity contribution is 0.0684. The van der Waals surface area contributed by atoms with Crippen LogP contribution in [0.2, 0.25) is 0 Å². The second-order valence-corrected chi connectivity index (χ2v) is 4.65. The molecule has 2 aromatic rings. The Labute approximate surface area is 116 Å². The van der Waals surface area contributed by atoms with Crippen LogP contribution < -0.4 is 4.90 Å². The molecule has 1 N–H and O–H groups in total.